The van der Waals surface area contributed by atoms with Crippen LogP contribution in [0.15, 0.2) is 53.4 Å². The predicted octanol–water partition coefficient (Wildman–Crippen LogP) is 4.26. The van der Waals surface area contributed by atoms with Crippen molar-refractivity contribution < 1.29 is 27.5 Å². The standard InChI is InChI=1S/C20H21F3N2O3S/c1-13(14-8-10-15(11-9-14)28-20(21,22)23)24-19(27)16-6-4-5-7-17(16)29-12-18(26)25(2)3/h4-11,13H,12H2,1-3H3,(H,24,27). The summed E-state index contributed by atoms with van der Waals surface area (Å²) in [5.41, 5.74) is 1.05. The Labute approximate surface area is 171 Å². The Morgan fingerprint density at radius 1 is 1.10 bits per heavy atom. The highest BCUT2D eigenvalue weighted by Crippen LogP contribution is 2.26. The van der Waals surface area contributed by atoms with Crippen LogP contribution in [-0.2, 0) is 4.79 Å². The van der Waals surface area contributed by atoms with Gasteiger partial charge >= 0.3 is 6.36 Å². The maximum atomic E-state index is 12.7. The molecule has 0 aliphatic rings. The molecule has 2 aromatic carbocycles. The fraction of sp³-hybridized carbons (Fsp3) is 0.300. The van der Waals surface area contributed by atoms with Crippen molar-refractivity contribution in [3.05, 3.63) is 59.7 Å². The summed E-state index contributed by atoms with van der Waals surface area (Å²) in [6.45, 7) is 1.73. The van der Waals surface area contributed by atoms with Gasteiger partial charge in [0.25, 0.3) is 5.91 Å². The smallest absolute Gasteiger partial charge is 0.406 e. The Balaban J connectivity index is 2.05. The van der Waals surface area contributed by atoms with Crippen LogP contribution in [-0.4, -0.2) is 42.9 Å². The van der Waals surface area contributed by atoms with Crippen molar-refractivity contribution in [3.8, 4) is 5.75 Å². The number of carbonyl (C=O) groups excluding carboxylic acids is 2. The third-order valence-corrected chi connectivity index (χ3v) is 5.00. The molecular formula is C20H21F3N2O3S. The third kappa shape index (κ3) is 7.01. The normalized spacial score (nSPS) is 12.2. The zero-order valence-electron chi connectivity index (χ0n) is 16.1. The van der Waals surface area contributed by atoms with Crippen LogP contribution in [0.25, 0.3) is 0 Å². The van der Waals surface area contributed by atoms with Crippen molar-refractivity contribution in [2.24, 2.45) is 0 Å². The van der Waals surface area contributed by atoms with Crippen LogP contribution >= 0.6 is 11.8 Å². The lowest BCUT2D eigenvalue weighted by Gasteiger charge is -2.17. The summed E-state index contributed by atoms with van der Waals surface area (Å²) in [4.78, 5) is 26.6. The van der Waals surface area contributed by atoms with Gasteiger partial charge in [0.15, 0.2) is 0 Å². The van der Waals surface area contributed by atoms with E-state index in [9.17, 15) is 22.8 Å². The summed E-state index contributed by atoms with van der Waals surface area (Å²) in [5, 5.41) is 2.82. The van der Waals surface area contributed by atoms with Crippen LogP contribution in [0.3, 0.4) is 0 Å². The molecule has 0 saturated heterocycles. The van der Waals surface area contributed by atoms with Gasteiger partial charge < -0.3 is 15.0 Å². The van der Waals surface area contributed by atoms with E-state index in [1.165, 1.54) is 40.9 Å². The Hall–Kier alpha value is -2.68. The van der Waals surface area contributed by atoms with E-state index in [0.29, 0.717) is 16.0 Å². The minimum absolute atomic E-state index is 0.0697. The number of halogens is 3. The lowest BCUT2D eigenvalue weighted by molar-refractivity contribution is -0.274. The number of hydrogen-bond acceptors (Lipinski definition) is 4. The van der Waals surface area contributed by atoms with Gasteiger partial charge in [0.05, 0.1) is 17.4 Å². The summed E-state index contributed by atoms with van der Waals surface area (Å²) in [6, 6.07) is 11.8. The first-order valence-electron chi connectivity index (χ1n) is 8.65. The fourth-order valence-corrected chi connectivity index (χ4v) is 3.39. The van der Waals surface area contributed by atoms with E-state index in [2.05, 4.69) is 10.1 Å². The number of amides is 2. The molecule has 9 heteroatoms. The molecule has 0 bridgehead atoms. The Kier molecular flexibility index (Phi) is 7.55. The molecule has 2 amide bonds. The second kappa shape index (κ2) is 9.69. The van der Waals surface area contributed by atoms with Gasteiger partial charge in [-0.2, -0.15) is 0 Å². The average molecular weight is 426 g/mol. The van der Waals surface area contributed by atoms with E-state index in [-0.39, 0.29) is 23.3 Å². The molecule has 0 heterocycles. The first-order valence-corrected chi connectivity index (χ1v) is 9.64. The van der Waals surface area contributed by atoms with Crippen molar-refractivity contribution in [1.29, 1.82) is 0 Å². The molecule has 2 rings (SSSR count). The van der Waals surface area contributed by atoms with E-state index in [4.69, 9.17) is 0 Å². The number of nitrogens with zero attached hydrogens (tertiary/aromatic N) is 1. The summed E-state index contributed by atoms with van der Waals surface area (Å²) in [6.07, 6.45) is -4.75. The first kappa shape index (κ1) is 22.6. The molecule has 0 saturated carbocycles. The summed E-state index contributed by atoms with van der Waals surface area (Å²) < 4.78 is 40.6. The third-order valence-electron chi connectivity index (χ3n) is 3.94. The molecular weight excluding hydrogens is 405 g/mol. The largest absolute Gasteiger partial charge is 0.573 e. The van der Waals surface area contributed by atoms with Crippen LogP contribution in [0.4, 0.5) is 13.2 Å². The van der Waals surface area contributed by atoms with Crippen molar-refractivity contribution in [1.82, 2.24) is 10.2 Å². The maximum absolute atomic E-state index is 12.7. The van der Waals surface area contributed by atoms with Crippen LogP contribution < -0.4 is 10.1 Å². The molecule has 0 fully saturated rings. The second-order valence-electron chi connectivity index (χ2n) is 6.38. The van der Waals surface area contributed by atoms with Crippen molar-refractivity contribution in [2.45, 2.75) is 24.2 Å². The van der Waals surface area contributed by atoms with Gasteiger partial charge in [0, 0.05) is 19.0 Å². The SMILES string of the molecule is CC(NC(=O)c1ccccc1SCC(=O)N(C)C)c1ccc(OC(F)(F)F)cc1. The number of thioether (sulfide) groups is 1. The van der Waals surface area contributed by atoms with Gasteiger partial charge in [-0.3, -0.25) is 9.59 Å². The van der Waals surface area contributed by atoms with E-state index in [1.807, 2.05) is 0 Å². The maximum Gasteiger partial charge on any atom is 0.573 e. The van der Waals surface area contributed by atoms with Gasteiger partial charge in [0.2, 0.25) is 5.91 Å². The second-order valence-corrected chi connectivity index (χ2v) is 7.40. The molecule has 0 spiro atoms. The lowest BCUT2D eigenvalue weighted by Crippen LogP contribution is -2.27. The highest BCUT2D eigenvalue weighted by Gasteiger charge is 2.31. The average Bonchev–Trinajstić information content (AvgIpc) is 2.65. The quantitative estimate of drug-likeness (QED) is 0.673. The highest BCUT2D eigenvalue weighted by atomic mass is 32.2. The van der Waals surface area contributed by atoms with Crippen LogP contribution in [0.1, 0.15) is 28.9 Å². The topological polar surface area (TPSA) is 58.6 Å². The van der Waals surface area contributed by atoms with Gasteiger partial charge in [-0.1, -0.05) is 24.3 Å². The predicted molar refractivity (Wildman–Crippen MR) is 105 cm³/mol. The van der Waals surface area contributed by atoms with Crippen LogP contribution in [0.5, 0.6) is 5.75 Å². The zero-order chi connectivity index (χ0) is 21.6. The number of benzene rings is 2. The number of rotatable bonds is 7. The molecule has 156 valence electrons. The molecule has 5 nitrogen and oxygen atoms in total. The molecule has 29 heavy (non-hydrogen) atoms. The lowest BCUT2D eigenvalue weighted by atomic mass is 10.1. The van der Waals surface area contributed by atoms with Gasteiger partial charge in [0.1, 0.15) is 5.75 Å². The minimum atomic E-state index is -4.75. The summed E-state index contributed by atoms with van der Waals surface area (Å²) in [7, 11) is 3.32. The number of nitrogens with one attached hydrogen (secondary N) is 1. The molecule has 1 unspecified atom stereocenters. The van der Waals surface area contributed by atoms with Crippen molar-refractivity contribution in [3.63, 3.8) is 0 Å². The van der Waals surface area contributed by atoms with E-state index in [0.717, 1.165) is 0 Å². The van der Waals surface area contributed by atoms with E-state index >= 15 is 0 Å². The number of alkyl halides is 3. The number of carbonyl (C=O) groups is 2. The minimum Gasteiger partial charge on any atom is -0.406 e. The Morgan fingerprint density at radius 3 is 2.31 bits per heavy atom. The molecule has 0 radical (unpaired) electrons. The molecule has 0 aliphatic heterocycles. The van der Waals surface area contributed by atoms with E-state index in [1.54, 1.807) is 45.3 Å². The fourth-order valence-electron chi connectivity index (χ4n) is 2.36. The van der Waals surface area contributed by atoms with Crippen LogP contribution in [0, 0.1) is 0 Å². The molecule has 0 aliphatic carbocycles. The van der Waals surface area contributed by atoms with Crippen molar-refractivity contribution in [2.75, 3.05) is 19.8 Å². The van der Waals surface area contributed by atoms with Gasteiger partial charge in [-0.15, -0.1) is 24.9 Å². The van der Waals surface area contributed by atoms with E-state index < -0.39 is 12.4 Å². The first-order chi connectivity index (χ1) is 13.6. The number of hydrogen-bond donors (Lipinski definition) is 1. The highest BCUT2D eigenvalue weighted by molar-refractivity contribution is 8.00. The summed E-state index contributed by atoms with van der Waals surface area (Å²) in [5.74, 6) is -0.534. The Bertz CT molecular complexity index is 855. The van der Waals surface area contributed by atoms with Crippen molar-refractivity contribution >= 4 is 23.6 Å². The molecule has 2 aromatic rings. The molecule has 1 N–H and O–H groups in total. The molecule has 1 atom stereocenters. The van der Waals surface area contributed by atoms with Crippen LogP contribution in [0.2, 0.25) is 0 Å². The number of ether oxygens (including phenoxy) is 1. The molecule has 0 aromatic heterocycles. The monoisotopic (exact) mass is 426 g/mol. The Morgan fingerprint density at radius 2 is 1.72 bits per heavy atom. The zero-order valence-corrected chi connectivity index (χ0v) is 16.9. The van der Waals surface area contributed by atoms with Gasteiger partial charge in [-0.25, -0.2) is 0 Å². The summed E-state index contributed by atoms with van der Waals surface area (Å²) >= 11 is 1.27. The van der Waals surface area contributed by atoms with Gasteiger partial charge in [-0.05, 0) is 36.8 Å².